The molecule has 1 atom stereocenters. The summed E-state index contributed by atoms with van der Waals surface area (Å²) in [5.41, 5.74) is 0.253. The summed E-state index contributed by atoms with van der Waals surface area (Å²) < 4.78 is 5.16. The van der Waals surface area contributed by atoms with E-state index in [0.29, 0.717) is 17.6 Å². The van der Waals surface area contributed by atoms with E-state index in [0.717, 1.165) is 6.54 Å². The highest BCUT2D eigenvalue weighted by molar-refractivity contribution is 8.06. The average molecular weight is 273 g/mol. The molecule has 0 bridgehead atoms. The van der Waals surface area contributed by atoms with E-state index in [2.05, 4.69) is 5.32 Å². The molecule has 0 aromatic carbocycles. The van der Waals surface area contributed by atoms with Crippen molar-refractivity contribution in [3.63, 3.8) is 0 Å². The van der Waals surface area contributed by atoms with Crippen LogP contribution >= 0.6 is 23.5 Å². The largest absolute Gasteiger partial charge is 0.478 e. The lowest BCUT2D eigenvalue weighted by molar-refractivity contribution is 0.0694. The van der Waals surface area contributed by atoms with Crippen molar-refractivity contribution in [1.82, 2.24) is 5.32 Å². The van der Waals surface area contributed by atoms with Crippen molar-refractivity contribution < 1.29 is 14.3 Å². The van der Waals surface area contributed by atoms with Gasteiger partial charge in [0, 0.05) is 29.1 Å². The summed E-state index contributed by atoms with van der Waals surface area (Å²) in [4.78, 5) is 10.9. The maximum absolute atomic E-state index is 10.9. The Balaban J connectivity index is 1.77. The van der Waals surface area contributed by atoms with Crippen molar-refractivity contribution >= 4 is 29.5 Å². The quantitative estimate of drug-likeness (QED) is 0.854. The number of carboxylic acid groups (broad SMARTS) is 1. The summed E-state index contributed by atoms with van der Waals surface area (Å²) in [5.74, 6) is 3.19. The van der Waals surface area contributed by atoms with E-state index >= 15 is 0 Å². The van der Waals surface area contributed by atoms with Gasteiger partial charge in [-0.1, -0.05) is 0 Å². The molecule has 0 saturated carbocycles. The molecule has 0 amide bonds. The summed E-state index contributed by atoms with van der Waals surface area (Å²) in [7, 11) is 0. The standard InChI is InChI=1S/C11H15NO3S2/c13-11(14)9-1-2-15-10(9)6-12-5-8-7-16-3-4-17-8/h1-2,8,12H,3-7H2,(H,13,14). The number of thioether (sulfide) groups is 2. The molecule has 1 aliphatic rings. The average Bonchev–Trinajstić information content (AvgIpc) is 2.79. The summed E-state index contributed by atoms with van der Waals surface area (Å²) >= 11 is 3.96. The zero-order valence-corrected chi connectivity index (χ0v) is 11.0. The number of hydrogen-bond donors (Lipinski definition) is 2. The van der Waals surface area contributed by atoms with Gasteiger partial charge in [-0.3, -0.25) is 0 Å². The Bertz CT molecular complexity index is 375. The maximum atomic E-state index is 10.9. The molecule has 0 aliphatic carbocycles. The molecule has 2 rings (SSSR count). The van der Waals surface area contributed by atoms with Gasteiger partial charge in [-0.05, 0) is 6.07 Å². The van der Waals surface area contributed by atoms with E-state index in [-0.39, 0.29) is 5.56 Å². The van der Waals surface area contributed by atoms with Crippen LogP contribution in [0.3, 0.4) is 0 Å². The van der Waals surface area contributed by atoms with Crippen LogP contribution in [-0.2, 0) is 6.54 Å². The molecule has 1 aliphatic heterocycles. The van der Waals surface area contributed by atoms with Gasteiger partial charge in [-0.2, -0.15) is 23.5 Å². The lowest BCUT2D eigenvalue weighted by atomic mass is 10.2. The molecule has 4 nitrogen and oxygen atoms in total. The Morgan fingerprint density at radius 3 is 3.18 bits per heavy atom. The number of aromatic carboxylic acids is 1. The van der Waals surface area contributed by atoms with E-state index < -0.39 is 5.97 Å². The van der Waals surface area contributed by atoms with Crippen LogP contribution in [0.4, 0.5) is 0 Å². The monoisotopic (exact) mass is 273 g/mol. The smallest absolute Gasteiger partial charge is 0.339 e. The predicted molar refractivity (Wildman–Crippen MR) is 70.9 cm³/mol. The number of carboxylic acids is 1. The highest BCUT2D eigenvalue weighted by Gasteiger charge is 2.16. The van der Waals surface area contributed by atoms with Crippen molar-refractivity contribution in [2.24, 2.45) is 0 Å². The molecule has 1 aromatic rings. The van der Waals surface area contributed by atoms with E-state index in [4.69, 9.17) is 9.52 Å². The summed E-state index contributed by atoms with van der Waals surface area (Å²) in [6.07, 6.45) is 1.42. The van der Waals surface area contributed by atoms with Gasteiger partial charge in [0.05, 0.1) is 12.8 Å². The Morgan fingerprint density at radius 1 is 1.59 bits per heavy atom. The first-order valence-corrected chi connectivity index (χ1v) is 7.67. The van der Waals surface area contributed by atoms with Crippen molar-refractivity contribution in [3.05, 3.63) is 23.7 Å². The van der Waals surface area contributed by atoms with E-state index in [1.807, 2.05) is 23.5 Å². The molecule has 1 aromatic heterocycles. The molecule has 0 spiro atoms. The van der Waals surface area contributed by atoms with E-state index in [1.165, 1.54) is 29.6 Å². The normalized spacial score (nSPS) is 20.4. The SMILES string of the molecule is O=C(O)c1ccoc1CNCC1CSCCS1. The number of rotatable bonds is 5. The van der Waals surface area contributed by atoms with Crippen molar-refractivity contribution in [2.45, 2.75) is 11.8 Å². The van der Waals surface area contributed by atoms with Crippen LogP contribution in [-0.4, -0.2) is 40.1 Å². The lowest BCUT2D eigenvalue weighted by Crippen LogP contribution is -2.28. The molecular formula is C11H15NO3S2. The zero-order valence-electron chi connectivity index (χ0n) is 9.35. The topological polar surface area (TPSA) is 62.5 Å². The number of hydrogen-bond acceptors (Lipinski definition) is 5. The third-order valence-corrected chi connectivity index (χ3v) is 5.36. The second-order valence-corrected chi connectivity index (χ2v) is 6.32. The molecule has 2 N–H and O–H groups in total. The van der Waals surface area contributed by atoms with Crippen molar-refractivity contribution in [1.29, 1.82) is 0 Å². The third-order valence-electron chi connectivity index (χ3n) is 2.52. The Labute approximate surface area is 109 Å². The molecule has 0 radical (unpaired) electrons. The van der Waals surface area contributed by atoms with Crippen LogP contribution in [0.5, 0.6) is 0 Å². The summed E-state index contributed by atoms with van der Waals surface area (Å²) in [5, 5.41) is 12.8. The lowest BCUT2D eigenvalue weighted by Gasteiger charge is -2.20. The zero-order chi connectivity index (χ0) is 12.1. The van der Waals surface area contributed by atoms with Gasteiger partial charge in [0.15, 0.2) is 0 Å². The highest BCUT2D eigenvalue weighted by Crippen LogP contribution is 2.23. The predicted octanol–water partition coefficient (Wildman–Crippen LogP) is 1.92. The minimum absolute atomic E-state index is 0.253. The molecule has 94 valence electrons. The molecule has 17 heavy (non-hydrogen) atoms. The molecule has 6 heteroatoms. The fourth-order valence-corrected chi connectivity index (χ4v) is 4.32. The highest BCUT2D eigenvalue weighted by atomic mass is 32.2. The van der Waals surface area contributed by atoms with Crippen molar-refractivity contribution in [3.8, 4) is 0 Å². The first-order valence-electron chi connectivity index (χ1n) is 5.47. The Kier molecular flexibility index (Phi) is 4.82. The van der Waals surface area contributed by atoms with Crippen LogP contribution in [0.2, 0.25) is 0 Å². The Morgan fingerprint density at radius 2 is 2.47 bits per heavy atom. The van der Waals surface area contributed by atoms with E-state index in [9.17, 15) is 4.79 Å². The van der Waals surface area contributed by atoms with Gasteiger partial charge in [0.2, 0.25) is 0 Å². The van der Waals surface area contributed by atoms with Crippen LogP contribution in [0.25, 0.3) is 0 Å². The number of carbonyl (C=O) groups is 1. The van der Waals surface area contributed by atoms with Crippen LogP contribution in [0, 0.1) is 0 Å². The van der Waals surface area contributed by atoms with Gasteiger partial charge in [-0.25, -0.2) is 4.79 Å². The second-order valence-electron chi connectivity index (χ2n) is 3.76. The minimum Gasteiger partial charge on any atom is -0.478 e. The summed E-state index contributed by atoms with van der Waals surface area (Å²) in [6.45, 7) is 1.38. The fourth-order valence-electron chi connectivity index (χ4n) is 1.67. The van der Waals surface area contributed by atoms with E-state index in [1.54, 1.807) is 0 Å². The van der Waals surface area contributed by atoms with Gasteiger partial charge < -0.3 is 14.8 Å². The fraction of sp³-hybridized carbons (Fsp3) is 0.545. The Hall–Kier alpha value is -0.590. The van der Waals surface area contributed by atoms with Gasteiger partial charge in [-0.15, -0.1) is 0 Å². The first kappa shape index (κ1) is 12.9. The van der Waals surface area contributed by atoms with Gasteiger partial charge in [0.25, 0.3) is 0 Å². The van der Waals surface area contributed by atoms with Crippen LogP contribution in [0.15, 0.2) is 16.7 Å². The van der Waals surface area contributed by atoms with Crippen molar-refractivity contribution in [2.75, 3.05) is 23.8 Å². The molecule has 1 saturated heterocycles. The minimum atomic E-state index is -0.932. The van der Waals surface area contributed by atoms with Gasteiger partial charge >= 0.3 is 5.97 Å². The molecule has 2 heterocycles. The maximum Gasteiger partial charge on any atom is 0.339 e. The first-order chi connectivity index (χ1) is 8.27. The van der Waals surface area contributed by atoms with Crippen LogP contribution in [0.1, 0.15) is 16.1 Å². The number of nitrogens with one attached hydrogen (secondary N) is 1. The second kappa shape index (κ2) is 6.37. The van der Waals surface area contributed by atoms with Gasteiger partial charge in [0.1, 0.15) is 11.3 Å². The molecule has 1 unspecified atom stereocenters. The molecular weight excluding hydrogens is 258 g/mol. The molecule has 1 fully saturated rings. The number of furan rings is 1. The van der Waals surface area contributed by atoms with Crippen LogP contribution < -0.4 is 5.32 Å². The third kappa shape index (κ3) is 3.69. The summed E-state index contributed by atoms with van der Waals surface area (Å²) in [6, 6.07) is 1.49.